The summed E-state index contributed by atoms with van der Waals surface area (Å²) in [5.41, 5.74) is 3.86. The topological polar surface area (TPSA) is 91.6 Å². The molecule has 38 heavy (non-hydrogen) atoms. The van der Waals surface area contributed by atoms with Crippen LogP contribution in [0.1, 0.15) is 38.5 Å². The third kappa shape index (κ3) is 5.34. The molecular formula is C27H31F2N5O3S. The van der Waals surface area contributed by atoms with Crippen molar-refractivity contribution < 1.29 is 21.7 Å². The van der Waals surface area contributed by atoms with Gasteiger partial charge in [-0.2, -0.15) is 0 Å². The Labute approximate surface area is 221 Å². The standard InChI is InChI=1S/C27H31F2N5O3S/c1-38(35,36)32-19-5-6-20(23(17-19)33-13-9-26(7-8-26)10-14-33)24-18-22(31-37-24)21-3-2-4-25(30-21)34-15-11-27(28,29)12-16-34/h2-6,17-18,32H,7-16H2,1H3. The van der Waals surface area contributed by atoms with Crippen molar-refractivity contribution in [2.24, 2.45) is 5.41 Å². The Kier molecular flexibility index (Phi) is 6.08. The molecule has 2 saturated heterocycles. The van der Waals surface area contributed by atoms with Crippen LogP contribution in [0.3, 0.4) is 0 Å². The van der Waals surface area contributed by atoms with E-state index in [-0.39, 0.29) is 25.9 Å². The van der Waals surface area contributed by atoms with Crippen LogP contribution in [0.2, 0.25) is 0 Å². The summed E-state index contributed by atoms with van der Waals surface area (Å²) < 4.78 is 59.3. The van der Waals surface area contributed by atoms with E-state index < -0.39 is 15.9 Å². The maximum atomic E-state index is 13.6. The SMILES string of the molecule is CS(=O)(=O)Nc1ccc(-c2cc(-c3cccc(N4CCC(F)(F)CC4)n3)no2)c(N2CCC3(CC2)CC3)c1. The second-order valence-corrected chi connectivity index (χ2v) is 12.6. The number of hydrogen-bond donors (Lipinski definition) is 1. The van der Waals surface area contributed by atoms with E-state index in [0.717, 1.165) is 43.4 Å². The van der Waals surface area contributed by atoms with Gasteiger partial charge in [0.25, 0.3) is 5.92 Å². The molecule has 0 atom stereocenters. The fourth-order valence-corrected chi connectivity index (χ4v) is 6.06. The van der Waals surface area contributed by atoms with Crippen molar-refractivity contribution in [3.8, 4) is 22.7 Å². The minimum atomic E-state index is -3.42. The van der Waals surface area contributed by atoms with E-state index in [1.54, 1.807) is 6.07 Å². The highest BCUT2D eigenvalue weighted by Crippen LogP contribution is 2.54. The predicted octanol–water partition coefficient (Wildman–Crippen LogP) is 5.39. The maximum Gasteiger partial charge on any atom is 0.251 e. The number of piperidine rings is 2. The molecule has 0 unspecified atom stereocenters. The second kappa shape index (κ2) is 9.21. The predicted molar refractivity (Wildman–Crippen MR) is 143 cm³/mol. The molecule has 0 radical (unpaired) electrons. The van der Waals surface area contributed by atoms with Gasteiger partial charge in [-0.15, -0.1) is 0 Å². The number of halogens is 2. The minimum Gasteiger partial charge on any atom is -0.371 e. The van der Waals surface area contributed by atoms with Crippen LogP contribution in [-0.2, 0) is 10.0 Å². The molecule has 0 amide bonds. The van der Waals surface area contributed by atoms with Crippen LogP contribution in [-0.4, -0.2) is 56.9 Å². The van der Waals surface area contributed by atoms with Gasteiger partial charge in [0.05, 0.1) is 17.6 Å². The van der Waals surface area contributed by atoms with Crippen LogP contribution >= 0.6 is 0 Å². The Morgan fingerprint density at radius 1 is 0.895 bits per heavy atom. The van der Waals surface area contributed by atoms with Crippen molar-refractivity contribution in [1.82, 2.24) is 10.1 Å². The summed E-state index contributed by atoms with van der Waals surface area (Å²) in [6.45, 7) is 2.30. The molecule has 3 aliphatic rings. The molecule has 202 valence electrons. The molecule has 6 rings (SSSR count). The molecule has 4 heterocycles. The second-order valence-electron chi connectivity index (χ2n) is 10.9. The van der Waals surface area contributed by atoms with Gasteiger partial charge < -0.3 is 14.3 Å². The molecule has 1 aliphatic carbocycles. The van der Waals surface area contributed by atoms with Crippen molar-refractivity contribution >= 4 is 27.2 Å². The first-order chi connectivity index (χ1) is 18.1. The first-order valence-electron chi connectivity index (χ1n) is 13.0. The molecule has 2 aromatic heterocycles. The van der Waals surface area contributed by atoms with Gasteiger partial charge in [0, 0.05) is 56.3 Å². The summed E-state index contributed by atoms with van der Waals surface area (Å²) in [6, 6.07) is 12.7. The normalized spacial score (nSPS) is 20.5. The zero-order valence-electron chi connectivity index (χ0n) is 21.3. The Balaban J connectivity index is 1.28. The average molecular weight is 544 g/mol. The number of aromatic nitrogens is 2. The quantitative estimate of drug-likeness (QED) is 0.446. The van der Waals surface area contributed by atoms with Crippen LogP contribution in [0.25, 0.3) is 22.7 Å². The van der Waals surface area contributed by atoms with Crippen LogP contribution in [0.15, 0.2) is 47.0 Å². The van der Waals surface area contributed by atoms with Gasteiger partial charge in [0.15, 0.2) is 5.76 Å². The number of nitrogens with zero attached hydrogens (tertiary/aromatic N) is 4. The van der Waals surface area contributed by atoms with Crippen LogP contribution in [0.5, 0.6) is 0 Å². The van der Waals surface area contributed by atoms with E-state index >= 15 is 0 Å². The lowest BCUT2D eigenvalue weighted by molar-refractivity contribution is -0.0221. The molecule has 3 aromatic rings. The first-order valence-corrected chi connectivity index (χ1v) is 14.9. The largest absolute Gasteiger partial charge is 0.371 e. The fourth-order valence-electron chi connectivity index (χ4n) is 5.51. The van der Waals surface area contributed by atoms with Gasteiger partial charge in [0.2, 0.25) is 10.0 Å². The van der Waals surface area contributed by atoms with Crippen molar-refractivity contribution in [1.29, 1.82) is 0 Å². The van der Waals surface area contributed by atoms with Crippen molar-refractivity contribution in [2.75, 3.05) is 47.0 Å². The lowest BCUT2D eigenvalue weighted by Crippen LogP contribution is -2.39. The van der Waals surface area contributed by atoms with E-state index in [1.165, 1.54) is 12.8 Å². The van der Waals surface area contributed by atoms with Crippen LogP contribution in [0.4, 0.5) is 26.0 Å². The van der Waals surface area contributed by atoms with Gasteiger partial charge >= 0.3 is 0 Å². The molecule has 1 saturated carbocycles. The molecule has 1 aromatic carbocycles. The third-order valence-electron chi connectivity index (χ3n) is 8.01. The summed E-state index contributed by atoms with van der Waals surface area (Å²) in [6.07, 6.45) is 5.60. The number of rotatable bonds is 6. The molecule has 8 nitrogen and oxygen atoms in total. The van der Waals surface area contributed by atoms with Crippen LogP contribution in [0, 0.1) is 5.41 Å². The van der Waals surface area contributed by atoms with Crippen molar-refractivity contribution in [3.63, 3.8) is 0 Å². The van der Waals surface area contributed by atoms with Crippen molar-refractivity contribution in [3.05, 3.63) is 42.5 Å². The Bertz CT molecular complexity index is 1430. The molecular weight excluding hydrogens is 512 g/mol. The monoisotopic (exact) mass is 543 g/mol. The fraction of sp³-hybridized carbons (Fsp3) is 0.481. The van der Waals surface area contributed by atoms with Gasteiger partial charge in [-0.1, -0.05) is 11.2 Å². The number of sulfonamides is 1. The van der Waals surface area contributed by atoms with E-state index in [2.05, 4.69) is 19.8 Å². The summed E-state index contributed by atoms with van der Waals surface area (Å²) in [7, 11) is -3.42. The third-order valence-corrected chi connectivity index (χ3v) is 8.62. The van der Waals surface area contributed by atoms with Gasteiger partial charge in [0.1, 0.15) is 11.5 Å². The number of benzene rings is 1. The number of hydrogen-bond acceptors (Lipinski definition) is 7. The Morgan fingerprint density at radius 2 is 1.61 bits per heavy atom. The lowest BCUT2D eigenvalue weighted by atomic mass is 9.93. The number of alkyl halides is 2. The van der Waals surface area contributed by atoms with Gasteiger partial charge in [-0.05, 0) is 61.4 Å². The number of anilines is 3. The van der Waals surface area contributed by atoms with E-state index in [0.29, 0.717) is 34.1 Å². The maximum absolute atomic E-state index is 13.6. The molecule has 11 heteroatoms. The van der Waals surface area contributed by atoms with Crippen LogP contribution < -0.4 is 14.5 Å². The molecule has 1 spiro atoms. The number of nitrogens with one attached hydrogen (secondary N) is 1. The van der Waals surface area contributed by atoms with E-state index in [4.69, 9.17) is 4.52 Å². The van der Waals surface area contributed by atoms with Gasteiger partial charge in [-0.25, -0.2) is 22.2 Å². The summed E-state index contributed by atoms with van der Waals surface area (Å²) in [5, 5.41) is 4.27. The highest BCUT2D eigenvalue weighted by Gasteiger charge is 2.44. The highest BCUT2D eigenvalue weighted by molar-refractivity contribution is 7.92. The van der Waals surface area contributed by atoms with E-state index in [9.17, 15) is 17.2 Å². The smallest absolute Gasteiger partial charge is 0.251 e. The summed E-state index contributed by atoms with van der Waals surface area (Å²) in [5.74, 6) is -1.42. The Hall–Kier alpha value is -3.21. The zero-order valence-corrected chi connectivity index (χ0v) is 22.1. The Morgan fingerprint density at radius 3 is 2.29 bits per heavy atom. The first kappa shape index (κ1) is 25.1. The summed E-state index contributed by atoms with van der Waals surface area (Å²) in [4.78, 5) is 8.85. The van der Waals surface area contributed by atoms with Gasteiger partial charge in [-0.3, -0.25) is 4.72 Å². The average Bonchev–Trinajstić information content (AvgIpc) is 3.44. The molecule has 2 aliphatic heterocycles. The van der Waals surface area contributed by atoms with E-state index in [1.807, 2.05) is 41.3 Å². The highest BCUT2D eigenvalue weighted by atomic mass is 32.2. The number of pyridine rings is 1. The minimum absolute atomic E-state index is 0.183. The van der Waals surface area contributed by atoms with Crippen molar-refractivity contribution in [2.45, 2.75) is 44.4 Å². The molecule has 1 N–H and O–H groups in total. The molecule has 0 bridgehead atoms. The molecule has 3 fully saturated rings. The summed E-state index contributed by atoms with van der Waals surface area (Å²) >= 11 is 0. The lowest BCUT2D eigenvalue weighted by Gasteiger charge is -2.35. The zero-order chi connectivity index (χ0) is 26.5.